The van der Waals surface area contributed by atoms with Crippen molar-refractivity contribution in [1.29, 1.82) is 0 Å². The van der Waals surface area contributed by atoms with Crippen LogP contribution < -0.4 is 20.7 Å². The average molecular weight is 346 g/mol. The van der Waals surface area contributed by atoms with Crippen LogP contribution in [0.1, 0.15) is 12.5 Å². The number of anilines is 3. The standard InChI is InChI=1S/C17H16ClN3O3/c1-2-24-15-6-4-12(9-13(15)18)20-17(23)19-11-3-5-14-10(7-11)8-16(22)21-14/h3-7,9H,2,8H2,1H3,(H,21,22)(H2,19,20,23). The summed E-state index contributed by atoms with van der Waals surface area (Å²) in [6.07, 6.45) is 0.320. The molecule has 3 amide bonds. The lowest BCUT2D eigenvalue weighted by Gasteiger charge is -2.11. The molecule has 124 valence electrons. The Morgan fingerprint density at radius 2 is 1.92 bits per heavy atom. The molecule has 2 aromatic carbocycles. The Balaban J connectivity index is 1.65. The zero-order valence-electron chi connectivity index (χ0n) is 13.0. The summed E-state index contributed by atoms with van der Waals surface area (Å²) in [5.74, 6) is 0.525. The SMILES string of the molecule is CCOc1ccc(NC(=O)Nc2ccc3c(c2)CC(=O)N3)cc1Cl. The topological polar surface area (TPSA) is 79.5 Å². The van der Waals surface area contributed by atoms with Gasteiger partial charge in [0.2, 0.25) is 5.91 Å². The van der Waals surface area contributed by atoms with Crippen molar-refractivity contribution in [2.45, 2.75) is 13.3 Å². The molecule has 2 aromatic rings. The lowest BCUT2D eigenvalue weighted by atomic mass is 10.1. The number of amides is 3. The Morgan fingerprint density at radius 3 is 2.62 bits per heavy atom. The first kappa shape index (κ1) is 16.1. The van der Waals surface area contributed by atoms with Crippen molar-refractivity contribution in [3.8, 4) is 5.75 Å². The van der Waals surface area contributed by atoms with Gasteiger partial charge in [0.15, 0.2) is 0 Å². The summed E-state index contributed by atoms with van der Waals surface area (Å²) in [4.78, 5) is 23.4. The van der Waals surface area contributed by atoms with Crippen molar-refractivity contribution in [2.24, 2.45) is 0 Å². The normalized spacial score (nSPS) is 12.3. The molecule has 0 radical (unpaired) electrons. The van der Waals surface area contributed by atoms with Crippen molar-refractivity contribution in [3.63, 3.8) is 0 Å². The van der Waals surface area contributed by atoms with Crippen LogP contribution in [0.2, 0.25) is 5.02 Å². The number of urea groups is 1. The zero-order valence-corrected chi connectivity index (χ0v) is 13.7. The molecule has 0 saturated heterocycles. The van der Waals surface area contributed by atoms with Crippen molar-refractivity contribution in [1.82, 2.24) is 0 Å². The third-order valence-electron chi connectivity index (χ3n) is 3.48. The van der Waals surface area contributed by atoms with Gasteiger partial charge in [-0.05, 0) is 48.9 Å². The minimum absolute atomic E-state index is 0.0457. The summed E-state index contributed by atoms with van der Waals surface area (Å²) in [6.45, 7) is 2.39. The molecule has 1 aliphatic heterocycles. The smallest absolute Gasteiger partial charge is 0.323 e. The predicted octanol–water partition coefficient (Wildman–Crippen LogP) is 3.88. The molecular formula is C17H16ClN3O3. The third kappa shape index (κ3) is 3.60. The highest BCUT2D eigenvalue weighted by molar-refractivity contribution is 6.32. The Labute approximate surface area is 144 Å². The van der Waals surface area contributed by atoms with Crippen LogP contribution >= 0.6 is 11.6 Å². The Kier molecular flexibility index (Phi) is 4.57. The first-order valence-electron chi connectivity index (χ1n) is 7.48. The average Bonchev–Trinajstić information content (AvgIpc) is 2.89. The van der Waals surface area contributed by atoms with E-state index in [2.05, 4.69) is 16.0 Å². The number of halogens is 1. The minimum atomic E-state index is -0.396. The molecule has 0 bridgehead atoms. The molecular weight excluding hydrogens is 330 g/mol. The molecule has 7 heteroatoms. The molecule has 0 saturated carbocycles. The summed E-state index contributed by atoms with van der Waals surface area (Å²) >= 11 is 6.09. The second kappa shape index (κ2) is 6.80. The van der Waals surface area contributed by atoms with E-state index >= 15 is 0 Å². The van der Waals surface area contributed by atoms with Crippen molar-refractivity contribution >= 4 is 40.6 Å². The van der Waals surface area contributed by atoms with E-state index in [9.17, 15) is 9.59 Å². The maximum Gasteiger partial charge on any atom is 0.323 e. The number of nitrogens with one attached hydrogen (secondary N) is 3. The number of carbonyl (C=O) groups excluding carboxylic acids is 2. The lowest BCUT2D eigenvalue weighted by molar-refractivity contribution is -0.115. The van der Waals surface area contributed by atoms with Gasteiger partial charge in [-0.2, -0.15) is 0 Å². The first-order chi connectivity index (χ1) is 11.5. The van der Waals surface area contributed by atoms with Gasteiger partial charge in [-0.15, -0.1) is 0 Å². The van der Waals surface area contributed by atoms with Gasteiger partial charge in [0.25, 0.3) is 0 Å². The van der Waals surface area contributed by atoms with Gasteiger partial charge in [0.1, 0.15) is 5.75 Å². The van der Waals surface area contributed by atoms with E-state index in [4.69, 9.17) is 16.3 Å². The number of benzene rings is 2. The van der Waals surface area contributed by atoms with Crippen LogP contribution in [0, 0.1) is 0 Å². The van der Waals surface area contributed by atoms with Crippen LogP contribution in [0.3, 0.4) is 0 Å². The second-order valence-electron chi connectivity index (χ2n) is 5.25. The number of hydrogen-bond acceptors (Lipinski definition) is 3. The summed E-state index contributed by atoms with van der Waals surface area (Å²) < 4.78 is 5.35. The fourth-order valence-corrected chi connectivity index (χ4v) is 2.69. The van der Waals surface area contributed by atoms with Crippen LogP contribution in [0.25, 0.3) is 0 Å². The molecule has 3 rings (SSSR count). The summed E-state index contributed by atoms with van der Waals surface area (Å²) in [5, 5.41) is 8.61. The summed E-state index contributed by atoms with van der Waals surface area (Å²) in [6, 6.07) is 9.91. The molecule has 1 aliphatic rings. The number of carbonyl (C=O) groups is 2. The van der Waals surface area contributed by atoms with Gasteiger partial charge in [-0.25, -0.2) is 4.79 Å². The van der Waals surface area contributed by atoms with Crippen LogP contribution in [0.15, 0.2) is 36.4 Å². The fraction of sp³-hybridized carbons (Fsp3) is 0.176. The number of rotatable bonds is 4. The van der Waals surface area contributed by atoms with E-state index in [0.29, 0.717) is 35.2 Å². The fourth-order valence-electron chi connectivity index (χ4n) is 2.45. The Hall–Kier alpha value is -2.73. The molecule has 0 spiro atoms. The van der Waals surface area contributed by atoms with E-state index in [1.165, 1.54) is 0 Å². The summed E-state index contributed by atoms with van der Waals surface area (Å²) in [5.41, 5.74) is 2.81. The molecule has 6 nitrogen and oxygen atoms in total. The maximum atomic E-state index is 12.1. The van der Waals surface area contributed by atoms with Gasteiger partial charge < -0.3 is 20.7 Å². The highest BCUT2D eigenvalue weighted by Gasteiger charge is 2.17. The molecule has 0 unspecified atom stereocenters. The highest BCUT2D eigenvalue weighted by Crippen LogP contribution is 2.28. The zero-order chi connectivity index (χ0) is 17.1. The first-order valence-corrected chi connectivity index (χ1v) is 7.86. The number of ether oxygens (including phenoxy) is 1. The van der Waals surface area contributed by atoms with E-state index in [0.717, 1.165) is 11.3 Å². The minimum Gasteiger partial charge on any atom is -0.492 e. The number of hydrogen-bond donors (Lipinski definition) is 3. The van der Waals surface area contributed by atoms with Gasteiger partial charge in [-0.3, -0.25) is 4.79 Å². The van der Waals surface area contributed by atoms with Crippen LogP contribution in [0.4, 0.5) is 21.9 Å². The van der Waals surface area contributed by atoms with E-state index in [-0.39, 0.29) is 5.91 Å². The largest absolute Gasteiger partial charge is 0.492 e. The lowest BCUT2D eigenvalue weighted by Crippen LogP contribution is -2.19. The van der Waals surface area contributed by atoms with Gasteiger partial charge >= 0.3 is 6.03 Å². The second-order valence-corrected chi connectivity index (χ2v) is 5.66. The Bertz CT molecular complexity index is 808. The molecule has 0 aliphatic carbocycles. The van der Waals surface area contributed by atoms with Crippen molar-refractivity contribution in [3.05, 3.63) is 47.0 Å². The third-order valence-corrected chi connectivity index (χ3v) is 3.77. The van der Waals surface area contributed by atoms with Gasteiger partial charge in [0, 0.05) is 17.1 Å². The van der Waals surface area contributed by atoms with Crippen molar-refractivity contribution < 1.29 is 14.3 Å². The van der Waals surface area contributed by atoms with Crippen LogP contribution in [-0.4, -0.2) is 18.5 Å². The van der Waals surface area contributed by atoms with Crippen LogP contribution in [0.5, 0.6) is 5.75 Å². The monoisotopic (exact) mass is 345 g/mol. The quantitative estimate of drug-likeness (QED) is 0.786. The molecule has 0 aromatic heterocycles. The predicted molar refractivity (Wildman–Crippen MR) is 94.0 cm³/mol. The van der Waals surface area contributed by atoms with Gasteiger partial charge in [0.05, 0.1) is 18.1 Å². The van der Waals surface area contributed by atoms with E-state index in [1.807, 2.05) is 6.92 Å². The maximum absolute atomic E-state index is 12.1. The van der Waals surface area contributed by atoms with Crippen molar-refractivity contribution in [2.75, 3.05) is 22.6 Å². The van der Waals surface area contributed by atoms with E-state index in [1.54, 1.807) is 36.4 Å². The molecule has 24 heavy (non-hydrogen) atoms. The van der Waals surface area contributed by atoms with Gasteiger partial charge in [-0.1, -0.05) is 11.6 Å². The van der Waals surface area contributed by atoms with Crippen LogP contribution in [-0.2, 0) is 11.2 Å². The highest BCUT2D eigenvalue weighted by atomic mass is 35.5. The molecule has 0 fully saturated rings. The molecule has 3 N–H and O–H groups in total. The molecule has 1 heterocycles. The number of fused-ring (bicyclic) bond motifs is 1. The van der Waals surface area contributed by atoms with E-state index < -0.39 is 6.03 Å². The molecule has 0 atom stereocenters. The Morgan fingerprint density at radius 1 is 1.21 bits per heavy atom. The summed E-state index contributed by atoms with van der Waals surface area (Å²) in [7, 11) is 0.